The number of nitro groups is 2. The fourth-order valence-electron chi connectivity index (χ4n) is 3.36. The summed E-state index contributed by atoms with van der Waals surface area (Å²) in [7, 11) is 0. The molecule has 0 spiro atoms. The zero-order chi connectivity index (χ0) is 22.9. The van der Waals surface area contributed by atoms with E-state index in [9.17, 15) is 25.0 Å². The molecule has 168 valence electrons. The molecule has 0 aliphatic heterocycles. The highest BCUT2D eigenvalue weighted by atomic mass is 16.6. The quantitative estimate of drug-likeness (QED) is 0.342. The van der Waals surface area contributed by atoms with Crippen LogP contribution in [0.5, 0.6) is 11.5 Å². The first kappa shape index (κ1) is 22.8. The molecule has 0 unspecified atom stereocenters. The monoisotopic (exact) mass is 441 g/mol. The molecule has 3 rings (SSSR count). The van der Waals surface area contributed by atoms with Gasteiger partial charge < -0.3 is 10.1 Å². The number of ether oxygens (including phenoxy) is 1. The summed E-state index contributed by atoms with van der Waals surface area (Å²) in [5.41, 5.74) is 2.24. The molecule has 0 saturated heterocycles. The molecule has 1 amide bonds. The number of nitro benzene ring substituents is 2. The Balaban J connectivity index is 1.53. The Morgan fingerprint density at radius 3 is 2.44 bits per heavy atom. The lowest BCUT2D eigenvalue weighted by molar-refractivity contribution is -0.394. The molecule has 0 heterocycles. The second-order valence-corrected chi connectivity index (χ2v) is 7.35. The molecular weight excluding hydrogens is 418 g/mol. The van der Waals surface area contributed by atoms with E-state index in [-0.39, 0.29) is 18.2 Å². The van der Waals surface area contributed by atoms with Crippen molar-refractivity contribution in [3.8, 4) is 11.5 Å². The van der Waals surface area contributed by atoms with Crippen molar-refractivity contribution in [3.05, 3.63) is 68.3 Å². The Bertz CT molecular complexity index is 1000. The Morgan fingerprint density at radius 2 is 1.78 bits per heavy atom. The lowest BCUT2D eigenvalue weighted by Crippen LogP contribution is -2.38. The van der Waals surface area contributed by atoms with Crippen molar-refractivity contribution in [2.75, 3.05) is 6.54 Å². The maximum absolute atomic E-state index is 11.9. The molecule has 0 radical (unpaired) electrons. The molecular formula is C21H23N5O6. The van der Waals surface area contributed by atoms with Gasteiger partial charge in [0.15, 0.2) is 0 Å². The van der Waals surface area contributed by atoms with Gasteiger partial charge in [-0.3, -0.25) is 25.0 Å². The molecule has 32 heavy (non-hydrogen) atoms. The predicted molar refractivity (Wildman–Crippen MR) is 117 cm³/mol. The van der Waals surface area contributed by atoms with Crippen LogP contribution in [0, 0.1) is 20.2 Å². The Labute approximate surface area is 183 Å². The summed E-state index contributed by atoms with van der Waals surface area (Å²) in [6.07, 6.45) is 7.28. The molecule has 2 N–H and O–H groups in total. The highest BCUT2D eigenvalue weighted by Gasteiger charge is 2.21. The van der Waals surface area contributed by atoms with Crippen molar-refractivity contribution in [1.29, 1.82) is 0 Å². The lowest BCUT2D eigenvalue weighted by Gasteiger charge is -2.22. The van der Waals surface area contributed by atoms with Gasteiger partial charge in [-0.1, -0.05) is 19.3 Å². The SMILES string of the molecule is O=C(CNC1CCCCC1)N/N=C\c1ccc(Oc2ccc([N+](=O)[O-])cc2[N+](=O)[O-])cc1. The topological polar surface area (TPSA) is 149 Å². The lowest BCUT2D eigenvalue weighted by atomic mass is 9.95. The van der Waals surface area contributed by atoms with Gasteiger partial charge in [0, 0.05) is 12.1 Å². The number of benzene rings is 2. The summed E-state index contributed by atoms with van der Waals surface area (Å²) >= 11 is 0. The first-order chi connectivity index (χ1) is 15.4. The Kier molecular flexibility index (Phi) is 7.81. The normalized spacial score (nSPS) is 14.2. The van der Waals surface area contributed by atoms with Crippen LogP contribution in [0.4, 0.5) is 11.4 Å². The highest BCUT2D eigenvalue weighted by Crippen LogP contribution is 2.34. The van der Waals surface area contributed by atoms with Gasteiger partial charge in [-0.2, -0.15) is 5.10 Å². The number of carbonyl (C=O) groups excluding carboxylic acids is 1. The second kappa shape index (κ2) is 11.0. The number of hydrazone groups is 1. The zero-order valence-electron chi connectivity index (χ0n) is 17.2. The van der Waals surface area contributed by atoms with E-state index < -0.39 is 21.2 Å². The molecule has 2 aromatic rings. The molecule has 1 saturated carbocycles. The second-order valence-electron chi connectivity index (χ2n) is 7.35. The van der Waals surface area contributed by atoms with Gasteiger partial charge in [0.1, 0.15) is 5.75 Å². The standard InChI is InChI=1S/C21H23N5O6/c27-21(14-22-16-4-2-1-3-5-16)24-23-13-15-6-9-18(10-7-15)32-20-11-8-17(25(28)29)12-19(20)26(30)31/h6-13,16,22H,1-5,14H2,(H,24,27)/b23-13-. The molecule has 1 aliphatic carbocycles. The minimum Gasteiger partial charge on any atom is -0.450 e. The summed E-state index contributed by atoms with van der Waals surface area (Å²) in [6.45, 7) is 0.211. The van der Waals surface area contributed by atoms with Crippen molar-refractivity contribution < 1.29 is 19.4 Å². The third-order valence-electron chi connectivity index (χ3n) is 5.02. The van der Waals surface area contributed by atoms with Crippen LogP contribution < -0.4 is 15.5 Å². The van der Waals surface area contributed by atoms with Gasteiger partial charge in [-0.25, -0.2) is 5.43 Å². The van der Waals surface area contributed by atoms with E-state index >= 15 is 0 Å². The number of hydrogen-bond donors (Lipinski definition) is 2. The first-order valence-electron chi connectivity index (χ1n) is 10.2. The van der Waals surface area contributed by atoms with Gasteiger partial charge in [0.2, 0.25) is 5.75 Å². The van der Waals surface area contributed by atoms with Crippen molar-refractivity contribution in [2.45, 2.75) is 38.1 Å². The van der Waals surface area contributed by atoms with Gasteiger partial charge in [0.05, 0.1) is 28.7 Å². The molecule has 0 atom stereocenters. The van der Waals surface area contributed by atoms with Crippen LogP contribution in [0.1, 0.15) is 37.7 Å². The van der Waals surface area contributed by atoms with Crippen LogP contribution in [0.3, 0.4) is 0 Å². The molecule has 11 heteroatoms. The van der Waals surface area contributed by atoms with Crippen LogP contribution in [0.2, 0.25) is 0 Å². The van der Waals surface area contributed by atoms with Gasteiger partial charge in [-0.15, -0.1) is 0 Å². The Hall–Kier alpha value is -3.86. The van der Waals surface area contributed by atoms with Gasteiger partial charge >= 0.3 is 5.69 Å². The fraction of sp³-hybridized carbons (Fsp3) is 0.333. The number of hydrogen-bond acceptors (Lipinski definition) is 8. The molecule has 0 bridgehead atoms. The number of nitrogens with one attached hydrogen (secondary N) is 2. The third kappa shape index (κ3) is 6.57. The fourth-order valence-corrected chi connectivity index (χ4v) is 3.36. The van der Waals surface area contributed by atoms with Crippen LogP contribution in [-0.2, 0) is 4.79 Å². The molecule has 1 fully saturated rings. The maximum Gasteiger partial charge on any atom is 0.318 e. The number of non-ortho nitro benzene ring substituents is 1. The summed E-state index contributed by atoms with van der Waals surface area (Å²) in [6, 6.07) is 10.0. The van der Waals surface area contributed by atoms with Crippen molar-refractivity contribution in [1.82, 2.24) is 10.7 Å². The summed E-state index contributed by atoms with van der Waals surface area (Å²) in [5.74, 6) is -0.0307. The molecule has 11 nitrogen and oxygen atoms in total. The van der Waals surface area contributed by atoms with E-state index in [1.54, 1.807) is 24.3 Å². The average molecular weight is 441 g/mol. The predicted octanol–water partition coefficient (Wildman–Crippen LogP) is 3.67. The highest BCUT2D eigenvalue weighted by molar-refractivity contribution is 5.83. The van der Waals surface area contributed by atoms with E-state index in [1.807, 2.05) is 0 Å². The number of rotatable bonds is 9. The van der Waals surface area contributed by atoms with Gasteiger partial charge in [0.25, 0.3) is 11.6 Å². The smallest absolute Gasteiger partial charge is 0.318 e. The van der Waals surface area contributed by atoms with E-state index in [0.717, 1.165) is 25.0 Å². The number of carbonyl (C=O) groups is 1. The van der Waals surface area contributed by atoms with E-state index in [0.29, 0.717) is 17.4 Å². The minimum absolute atomic E-state index is 0.111. The summed E-state index contributed by atoms with van der Waals surface area (Å²) in [5, 5.41) is 29.2. The van der Waals surface area contributed by atoms with Crippen LogP contribution in [-0.4, -0.2) is 34.6 Å². The van der Waals surface area contributed by atoms with Crippen molar-refractivity contribution >= 4 is 23.5 Å². The van der Waals surface area contributed by atoms with E-state index in [4.69, 9.17) is 4.74 Å². The molecule has 0 aromatic heterocycles. The third-order valence-corrected chi connectivity index (χ3v) is 5.02. The first-order valence-corrected chi connectivity index (χ1v) is 10.2. The van der Waals surface area contributed by atoms with Gasteiger partial charge in [-0.05, 0) is 48.7 Å². The zero-order valence-corrected chi connectivity index (χ0v) is 17.2. The number of amides is 1. The summed E-state index contributed by atoms with van der Waals surface area (Å²) in [4.78, 5) is 32.4. The van der Waals surface area contributed by atoms with E-state index in [2.05, 4.69) is 15.8 Å². The Morgan fingerprint density at radius 1 is 1.06 bits per heavy atom. The van der Waals surface area contributed by atoms with Crippen LogP contribution in [0.15, 0.2) is 47.6 Å². The molecule has 1 aliphatic rings. The van der Waals surface area contributed by atoms with Crippen molar-refractivity contribution in [2.24, 2.45) is 5.10 Å². The largest absolute Gasteiger partial charge is 0.450 e. The number of nitrogens with zero attached hydrogens (tertiary/aromatic N) is 3. The minimum atomic E-state index is -0.741. The van der Waals surface area contributed by atoms with Crippen molar-refractivity contribution in [3.63, 3.8) is 0 Å². The molecule has 2 aromatic carbocycles. The maximum atomic E-state index is 11.9. The summed E-state index contributed by atoms with van der Waals surface area (Å²) < 4.78 is 5.51. The van der Waals surface area contributed by atoms with Crippen LogP contribution in [0.25, 0.3) is 0 Å². The average Bonchev–Trinajstić information content (AvgIpc) is 2.79. The van der Waals surface area contributed by atoms with E-state index in [1.165, 1.54) is 31.5 Å². The van der Waals surface area contributed by atoms with Crippen LogP contribution >= 0.6 is 0 Å².